The molecule has 0 atom stereocenters. The summed E-state index contributed by atoms with van der Waals surface area (Å²) in [7, 11) is 0. The molecule has 6 heteroatoms. The van der Waals surface area contributed by atoms with Gasteiger partial charge in [0.05, 0.1) is 0 Å². The molecular weight excluding hydrogens is 234 g/mol. The third-order valence-corrected chi connectivity index (χ3v) is 4.25. The van der Waals surface area contributed by atoms with Gasteiger partial charge in [0.2, 0.25) is 5.91 Å². The number of amidine groups is 1. The number of rotatable bonds is 3. The predicted octanol–water partition coefficient (Wildman–Crippen LogP) is 0.588. The minimum Gasteiger partial charge on any atom is -0.409 e. The number of carbonyl (C=O) groups is 1. The van der Waals surface area contributed by atoms with Crippen LogP contribution in [0.4, 0.5) is 0 Å². The van der Waals surface area contributed by atoms with Gasteiger partial charge < -0.3 is 21.0 Å². The molecule has 0 aromatic heterocycles. The van der Waals surface area contributed by atoms with E-state index in [0.717, 1.165) is 19.3 Å². The number of carbonyl (C=O) groups excluding carboxylic acids is 1. The van der Waals surface area contributed by atoms with Gasteiger partial charge in [-0.05, 0) is 32.6 Å². The number of nitrogens with two attached hydrogens (primary N) is 1. The zero-order chi connectivity index (χ0) is 13.2. The van der Waals surface area contributed by atoms with E-state index in [-0.39, 0.29) is 17.3 Å². The molecule has 1 amide bonds. The number of oxime groups is 1. The van der Waals surface area contributed by atoms with Crippen molar-refractivity contribution in [2.24, 2.45) is 16.3 Å². The Morgan fingerprint density at radius 1 is 1.33 bits per heavy atom. The minimum atomic E-state index is -0.796. The lowest BCUT2D eigenvalue weighted by atomic mass is 9.66. The predicted molar refractivity (Wildman–Crippen MR) is 66.3 cm³/mol. The smallest absolute Gasteiger partial charge is 0.234 e. The summed E-state index contributed by atoms with van der Waals surface area (Å²) in [5.41, 5.74) is 4.64. The van der Waals surface area contributed by atoms with Crippen LogP contribution < -0.4 is 11.1 Å². The second kappa shape index (κ2) is 4.76. The second-order valence-corrected chi connectivity index (χ2v) is 5.55. The summed E-state index contributed by atoms with van der Waals surface area (Å²) in [6, 6.07) is 0. The van der Waals surface area contributed by atoms with Gasteiger partial charge in [-0.25, -0.2) is 0 Å². The second-order valence-electron chi connectivity index (χ2n) is 5.55. The number of nitrogens with zero attached hydrogens (tertiary/aromatic N) is 1. The molecule has 0 bridgehead atoms. The molecule has 1 saturated carbocycles. The van der Waals surface area contributed by atoms with Crippen molar-refractivity contribution in [1.82, 2.24) is 5.32 Å². The molecule has 18 heavy (non-hydrogen) atoms. The fraction of sp³-hybridized carbons (Fsp3) is 0.833. The molecule has 1 aliphatic carbocycles. The summed E-state index contributed by atoms with van der Waals surface area (Å²) < 4.78 is 5.30. The Labute approximate surface area is 107 Å². The van der Waals surface area contributed by atoms with E-state index in [2.05, 4.69) is 10.5 Å². The number of amides is 1. The van der Waals surface area contributed by atoms with Crippen LogP contribution in [0.2, 0.25) is 0 Å². The van der Waals surface area contributed by atoms with E-state index in [0.29, 0.717) is 26.1 Å². The quantitative estimate of drug-likeness (QED) is 0.297. The molecule has 2 aliphatic rings. The highest BCUT2D eigenvalue weighted by molar-refractivity contribution is 6.07. The van der Waals surface area contributed by atoms with Crippen LogP contribution in [0.15, 0.2) is 5.16 Å². The SMILES string of the molecule is CC1(NC(=O)C2(C(N)=NO)CCC2)CCOCC1. The molecule has 1 heterocycles. The zero-order valence-corrected chi connectivity index (χ0v) is 10.7. The van der Waals surface area contributed by atoms with Gasteiger partial charge in [-0.1, -0.05) is 11.6 Å². The highest BCUT2D eigenvalue weighted by Gasteiger charge is 2.50. The van der Waals surface area contributed by atoms with E-state index < -0.39 is 5.41 Å². The van der Waals surface area contributed by atoms with Crippen LogP contribution in [0.5, 0.6) is 0 Å². The molecule has 0 aromatic rings. The first-order valence-electron chi connectivity index (χ1n) is 6.41. The zero-order valence-electron chi connectivity index (χ0n) is 10.7. The highest BCUT2D eigenvalue weighted by Crippen LogP contribution is 2.42. The van der Waals surface area contributed by atoms with Gasteiger partial charge in [0.1, 0.15) is 5.41 Å². The summed E-state index contributed by atoms with van der Waals surface area (Å²) in [6.45, 7) is 3.34. The maximum atomic E-state index is 12.4. The van der Waals surface area contributed by atoms with Crippen molar-refractivity contribution in [2.45, 2.75) is 44.6 Å². The topological polar surface area (TPSA) is 96.9 Å². The van der Waals surface area contributed by atoms with Crippen LogP contribution in [0.25, 0.3) is 0 Å². The van der Waals surface area contributed by atoms with Crippen LogP contribution >= 0.6 is 0 Å². The van der Waals surface area contributed by atoms with Crippen LogP contribution in [0, 0.1) is 5.41 Å². The first-order chi connectivity index (χ1) is 8.52. The molecule has 6 nitrogen and oxygen atoms in total. The molecule has 102 valence electrons. The lowest BCUT2D eigenvalue weighted by Gasteiger charge is -2.43. The van der Waals surface area contributed by atoms with Crippen molar-refractivity contribution in [1.29, 1.82) is 0 Å². The van der Waals surface area contributed by atoms with Crippen molar-refractivity contribution in [3.8, 4) is 0 Å². The van der Waals surface area contributed by atoms with Gasteiger partial charge in [-0.2, -0.15) is 0 Å². The van der Waals surface area contributed by atoms with Crippen molar-refractivity contribution in [3.63, 3.8) is 0 Å². The normalized spacial score (nSPS) is 26.2. The summed E-state index contributed by atoms with van der Waals surface area (Å²) >= 11 is 0. The Balaban J connectivity index is 2.06. The Morgan fingerprint density at radius 3 is 2.39 bits per heavy atom. The van der Waals surface area contributed by atoms with Crippen molar-refractivity contribution in [3.05, 3.63) is 0 Å². The monoisotopic (exact) mass is 255 g/mol. The van der Waals surface area contributed by atoms with Crippen LogP contribution in [-0.4, -0.2) is 35.7 Å². The molecular formula is C12H21N3O3. The van der Waals surface area contributed by atoms with Crippen LogP contribution in [0.3, 0.4) is 0 Å². The van der Waals surface area contributed by atoms with Gasteiger partial charge in [0.25, 0.3) is 0 Å². The molecule has 0 spiro atoms. The van der Waals surface area contributed by atoms with E-state index in [9.17, 15) is 4.79 Å². The number of hydrogen-bond donors (Lipinski definition) is 3. The average Bonchev–Trinajstić information content (AvgIpc) is 2.27. The van der Waals surface area contributed by atoms with Crippen molar-refractivity contribution >= 4 is 11.7 Å². The van der Waals surface area contributed by atoms with Crippen molar-refractivity contribution in [2.75, 3.05) is 13.2 Å². The first-order valence-corrected chi connectivity index (χ1v) is 6.41. The number of ether oxygens (including phenoxy) is 1. The average molecular weight is 255 g/mol. The summed E-state index contributed by atoms with van der Waals surface area (Å²) in [4.78, 5) is 12.4. The van der Waals surface area contributed by atoms with Gasteiger partial charge in [-0.3, -0.25) is 4.79 Å². The largest absolute Gasteiger partial charge is 0.409 e. The van der Waals surface area contributed by atoms with E-state index >= 15 is 0 Å². The Kier molecular flexibility index (Phi) is 3.47. The Bertz CT molecular complexity index is 358. The van der Waals surface area contributed by atoms with Gasteiger partial charge in [-0.15, -0.1) is 0 Å². The summed E-state index contributed by atoms with van der Waals surface area (Å²) in [6.07, 6.45) is 3.84. The third-order valence-electron chi connectivity index (χ3n) is 4.25. The maximum Gasteiger partial charge on any atom is 0.234 e. The number of hydrogen-bond acceptors (Lipinski definition) is 4. The lowest BCUT2D eigenvalue weighted by Crippen LogP contribution is -2.60. The minimum absolute atomic E-state index is 0.0295. The molecule has 0 radical (unpaired) electrons. The highest BCUT2D eigenvalue weighted by atomic mass is 16.5. The Morgan fingerprint density at radius 2 is 1.94 bits per heavy atom. The lowest BCUT2D eigenvalue weighted by molar-refractivity contribution is -0.134. The molecule has 1 aliphatic heterocycles. The summed E-state index contributed by atoms with van der Waals surface area (Å²) in [5.74, 6) is -0.0876. The Hall–Kier alpha value is -1.30. The molecule has 0 unspecified atom stereocenters. The van der Waals surface area contributed by atoms with Crippen LogP contribution in [0.1, 0.15) is 39.0 Å². The van der Waals surface area contributed by atoms with Crippen molar-refractivity contribution < 1.29 is 14.7 Å². The van der Waals surface area contributed by atoms with E-state index in [1.165, 1.54) is 0 Å². The van der Waals surface area contributed by atoms with Gasteiger partial charge in [0.15, 0.2) is 5.84 Å². The molecule has 2 fully saturated rings. The fourth-order valence-corrected chi connectivity index (χ4v) is 2.57. The van der Waals surface area contributed by atoms with Gasteiger partial charge in [0, 0.05) is 18.8 Å². The number of nitrogens with one attached hydrogen (secondary N) is 1. The van der Waals surface area contributed by atoms with E-state index in [1.807, 2.05) is 6.92 Å². The molecule has 0 aromatic carbocycles. The molecule has 4 N–H and O–H groups in total. The molecule has 2 rings (SSSR count). The first kappa shape index (κ1) is 13.1. The third kappa shape index (κ3) is 2.16. The van der Waals surface area contributed by atoms with Gasteiger partial charge >= 0.3 is 0 Å². The van der Waals surface area contributed by atoms with E-state index in [4.69, 9.17) is 15.7 Å². The summed E-state index contributed by atoms with van der Waals surface area (Å²) in [5, 5.41) is 14.9. The maximum absolute atomic E-state index is 12.4. The van der Waals surface area contributed by atoms with E-state index in [1.54, 1.807) is 0 Å². The molecule has 1 saturated heterocycles. The van der Waals surface area contributed by atoms with Crippen LogP contribution in [-0.2, 0) is 9.53 Å². The standard InChI is InChI=1S/C12H21N3O3/c1-11(5-7-18-8-6-11)14-10(16)12(3-2-4-12)9(13)15-17/h17H,2-8H2,1H3,(H2,13,15)(H,14,16). The fourth-order valence-electron chi connectivity index (χ4n) is 2.57.